The molecule has 1 aliphatic carbocycles. The first-order valence-corrected chi connectivity index (χ1v) is 9.09. The molecule has 0 aromatic heterocycles. The second kappa shape index (κ2) is 7.32. The smallest absolute Gasteiger partial charge is 0.0843 e. The summed E-state index contributed by atoms with van der Waals surface area (Å²) in [6.45, 7) is 4.63. The lowest BCUT2D eigenvalue weighted by Crippen LogP contribution is -2.19. The van der Waals surface area contributed by atoms with Gasteiger partial charge in [0.1, 0.15) is 0 Å². The van der Waals surface area contributed by atoms with E-state index < -0.39 is 5.60 Å². The van der Waals surface area contributed by atoms with Crippen LogP contribution in [0.5, 0.6) is 0 Å². The van der Waals surface area contributed by atoms with Crippen molar-refractivity contribution >= 4 is 16.9 Å². The van der Waals surface area contributed by atoms with Crippen LogP contribution in [0.2, 0.25) is 0 Å². The molecule has 3 nitrogen and oxygen atoms in total. The van der Waals surface area contributed by atoms with Crippen molar-refractivity contribution in [2.45, 2.75) is 45.1 Å². The normalized spacial score (nSPS) is 14.4. The van der Waals surface area contributed by atoms with Crippen LogP contribution in [0.3, 0.4) is 0 Å². The van der Waals surface area contributed by atoms with Crippen molar-refractivity contribution in [1.29, 1.82) is 0 Å². The Bertz CT molecular complexity index is 755. The summed E-state index contributed by atoms with van der Waals surface area (Å²) in [7, 11) is 0. The van der Waals surface area contributed by atoms with Gasteiger partial charge in [-0.25, -0.2) is 0 Å². The van der Waals surface area contributed by atoms with Crippen LogP contribution >= 0.6 is 0 Å². The zero-order valence-corrected chi connectivity index (χ0v) is 15.2. The number of rotatable bonds is 5. The quantitative estimate of drug-likeness (QED) is 0.693. The molecule has 4 N–H and O–H groups in total. The summed E-state index contributed by atoms with van der Waals surface area (Å²) < 4.78 is 0. The van der Waals surface area contributed by atoms with E-state index >= 15 is 0 Å². The highest BCUT2D eigenvalue weighted by Gasteiger charge is 2.23. The minimum atomic E-state index is -0.803. The average Bonchev–Trinajstić information content (AvgIpc) is 2.78. The molecule has 132 valence electrons. The molecule has 0 unspecified atom stereocenters. The minimum absolute atomic E-state index is 0.783. The lowest BCUT2D eigenvalue weighted by molar-refractivity contribution is 0.0776. The van der Waals surface area contributed by atoms with Gasteiger partial charge in [-0.3, -0.25) is 0 Å². The number of nitrogen functional groups attached to an aromatic ring is 1. The van der Waals surface area contributed by atoms with Crippen LogP contribution in [0.1, 0.15) is 49.8 Å². The van der Waals surface area contributed by atoms with Crippen molar-refractivity contribution < 1.29 is 5.11 Å². The lowest BCUT2D eigenvalue weighted by Gasteiger charge is -2.24. The number of hydrogen-bond acceptors (Lipinski definition) is 3. The lowest BCUT2D eigenvalue weighted by atomic mass is 9.86. The Morgan fingerprint density at radius 1 is 1.12 bits per heavy atom. The summed E-state index contributed by atoms with van der Waals surface area (Å²) in [6, 6.07) is 14.2. The standard InChI is InChI=1S/C22H28N2O/c1-22(2,25)21-9-5-8-19-16(6-3-4-7-20(19)21)14-15-24-18-12-10-17(23)11-13-18/h5-6,8-13,24-25H,3-4,7,14-15,23H2,1-2H3. The molecule has 2 aromatic carbocycles. The summed E-state index contributed by atoms with van der Waals surface area (Å²) in [5.41, 5.74) is 11.9. The maximum atomic E-state index is 10.5. The molecule has 0 fully saturated rings. The molecule has 0 amide bonds. The van der Waals surface area contributed by atoms with Gasteiger partial charge in [0.05, 0.1) is 5.60 Å². The van der Waals surface area contributed by atoms with Crippen molar-refractivity contribution in [3.8, 4) is 0 Å². The van der Waals surface area contributed by atoms with Crippen LogP contribution in [-0.2, 0) is 12.0 Å². The third kappa shape index (κ3) is 4.23. The topological polar surface area (TPSA) is 58.3 Å². The molecule has 3 heteroatoms. The third-order valence-electron chi connectivity index (χ3n) is 4.84. The van der Waals surface area contributed by atoms with E-state index in [-0.39, 0.29) is 0 Å². The summed E-state index contributed by atoms with van der Waals surface area (Å²) in [4.78, 5) is 0. The molecule has 2 aromatic rings. The molecule has 0 saturated heterocycles. The van der Waals surface area contributed by atoms with E-state index in [2.05, 4.69) is 29.6 Å². The molecule has 0 spiro atoms. The first-order valence-electron chi connectivity index (χ1n) is 9.09. The number of hydrogen-bond donors (Lipinski definition) is 3. The fraction of sp³-hybridized carbons (Fsp3) is 0.364. The van der Waals surface area contributed by atoms with E-state index in [4.69, 9.17) is 5.73 Å². The minimum Gasteiger partial charge on any atom is -0.399 e. The molecular formula is C22H28N2O. The maximum absolute atomic E-state index is 10.5. The molecule has 0 atom stereocenters. The predicted molar refractivity (Wildman–Crippen MR) is 107 cm³/mol. The van der Waals surface area contributed by atoms with E-state index in [1.807, 2.05) is 38.1 Å². The highest BCUT2D eigenvalue weighted by molar-refractivity contribution is 5.71. The maximum Gasteiger partial charge on any atom is 0.0843 e. The second-order valence-electron chi connectivity index (χ2n) is 7.31. The SMILES string of the molecule is CC(C)(O)c1cccc2c1CCCC=C2CCNc1ccc(N)cc1. The number of anilines is 2. The van der Waals surface area contributed by atoms with E-state index in [9.17, 15) is 5.11 Å². The molecule has 0 radical (unpaired) electrons. The van der Waals surface area contributed by atoms with Crippen LogP contribution in [0, 0.1) is 0 Å². The second-order valence-corrected chi connectivity index (χ2v) is 7.31. The van der Waals surface area contributed by atoms with Gasteiger partial charge in [0.2, 0.25) is 0 Å². The molecule has 3 rings (SSSR count). The van der Waals surface area contributed by atoms with Gasteiger partial charge >= 0.3 is 0 Å². The Morgan fingerprint density at radius 3 is 2.60 bits per heavy atom. The van der Waals surface area contributed by atoms with Crippen molar-refractivity contribution in [3.05, 3.63) is 65.2 Å². The Kier molecular flexibility index (Phi) is 5.14. The van der Waals surface area contributed by atoms with Crippen molar-refractivity contribution in [1.82, 2.24) is 0 Å². The molecule has 0 bridgehead atoms. The third-order valence-corrected chi connectivity index (χ3v) is 4.84. The number of aliphatic hydroxyl groups is 1. The highest BCUT2D eigenvalue weighted by atomic mass is 16.3. The fourth-order valence-corrected chi connectivity index (χ4v) is 3.57. The monoisotopic (exact) mass is 336 g/mol. The Balaban J connectivity index is 1.77. The largest absolute Gasteiger partial charge is 0.399 e. The van der Waals surface area contributed by atoms with Crippen LogP contribution < -0.4 is 11.1 Å². The van der Waals surface area contributed by atoms with Crippen molar-refractivity contribution in [3.63, 3.8) is 0 Å². The van der Waals surface area contributed by atoms with Gasteiger partial charge in [0, 0.05) is 17.9 Å². The summed E-state index contributed by atoms with van der Waals surface area (Å²) in [5, 5.41) is 14.0. The van der Waals surface area contributed by atoms with Gasteiger partial charge in [-0.15, -0.1) is 0 Å². The molecular weight excluding hydrogens is 308 g/mol. The van der Waals surface area contributed by atoms with Gasteiger partial charge in [0.25, 0.3) is 0 Å². The van der Waals surface area contributed by atoms with Gasteiger partial charge in [-0.05, 0) is 86.1 Å². The van der Waals surface area contributed by atoms with Gasteiger partial charge in [-0.1, -0.05) is 24.3 Å². The highest BCUT2D eigenvalue weighted by Crippen LogP contribution is 2.34. The fourth-order valence-electron chi connectivity index (χ4n) is 3.57. The van der Waals surface area contributed by atoms with E-state index in [0.29, 0.717) is 0 Å². The molecule has 0 aliphatic heterocycles. The van der Waals surface area contributed by atoms with Gasteiger partial charge in [0.15, 0.2) is 0 Å². The average molecular weight is 336 g/mol. The van der Waals surface area contributed by atoms with E-state index in [1.54, 1.807) is 0 Å². The zero-order valence-electron chi connectivity index (χ0n) is 15.2. The summed E-state index contributed by atoms with van der Waals surface area (Å²) in [5.74, 6) is 0. The van der Waals surface area contributed by atoms with Crippen LogP contribution in [0.15, 0.2) is 48.5 Å². The molecule has 1 aliphatic rings. The molecule has 25 heavy (non-hydrogen) atoms. The van der Waals surface area contributed by atoms with Crippen LogP contribution in [-0.4, -0.2) is 11.7 Å². The zero-order chi connectivity index (χ0) is 17.9. The van der Waals surface area contributed by atoms with E-state index in [0.717, 1.165) is 49.2 Å². The van der Waals surface area contributed by atoms with E-state index in [1.165, 1.54) is 16.7 Å². The first kappa shape index (κ1) is 17.6. The Morgan fingerprint density at radius 2 is 1.88 bits per heavy atom. The van der Waals surface area contributed by atoms with Crippen LogP contribution in [0.4, 0.5) is 11.4 Å². The van der Waals surface area contributed by atoms with Crippen molar-refractivity contribution in [2.24, 2.45) is 0 Å². The van der Waals surface area contributed by atoms with Crippen LogP contribution in [0.25, 0.3) is 5.57 Å². The number of allylic oxidation sites excluding steroid dienone is 1. The number of nitrogens with two attached hydrogens (primary N) is 1. The molecule has 0 saturated carbocycles. The van der Waals surface area contributed by atoms with Gasteiger partial charge < -0.3 is 16.2 Å². The summed E-state index contributed by atoms with van der Waals surface area (Å²) in [6.07, 6.45) is 6.59. The predicted octanol–water partition coefficient (Wildman–Crippen LogP) is 4.72. The van der Waals surface area contributed by atoms with Gasteiger partial charge in [-0.2, -0.15) is 0 Å². The summed E-state index contributed by atoms with van der Waals surface area (Å²) >= 11 is 0. The van der Waals surface area contributed by atoms with Crippen molar-refractivity contribution in [2.75, 3.05) is 17.6 Å². The number of benzene rings is 2. The number of fused-ring (bicyclic) bond motifs is 1. The molecule has 0 heterocycles. The Hall–Kier alpha value is -2.26. The Labute approximate surface area is 150 Å². The number of nitrogens with one attached hydrogen (secondary N) is 1. The first-order chi connectivity index (χ1) is 11.9.